The Morgan fingerprint density at radius 3 is 2.62 bits per heavy atom. The molecule has 4 rings (SSSR count). The third-order valence-corrected chi connectivity index (χ3v) is 7.76. The number of aliphatic carboxylic acids is 1. The van der Waals surface area contributed by atoms with Crippen LogP contribution in [0.3, 0.4) is 0 Å². The summed E-state index contributed by atoms with van der Waals surface area (Å²) in [5, 5.41) is 12.0. The van der Waals surface area contributed by atoms with Crippen molar-refractivity contribution in [3.8, 4) is 0 Å². The van der Waals surface area contributed by atoms with Gasteiger partial charge in [-0.2, -0.15) is 0 Å². The second-order valence-electron chi connectivity index (χ2n) is 10.4. The van der Waals surface area contributed by atoms with E-state index >= 15 is 0 Å². The van der Waals surface area contributed by atoms with Gasteiger partial charge in [-0.25, -0.2) is 9.37 Å². The number of unbranched alkanes of at least 4 members (excludes halogenated alkanes) is 6. The molecule has 0 saturated carbocycles. The standard InChI is InChI=1S/C29H39FN2O5/c1-2-3-4-5-6-7-8-15-31-28(35)23-18-36-29(32-23)27-22(24-12-13-25(27)37-24)17-20-16-21(30)11-9-19(20)10-14-26(33)34/h9,11,16,18,22,24-25,27H,2-8,10,12-15,17H2,1H3,(H,31,35)(H,33,34). The van der Waals surface area contributed by atoms with Crippen LogP contribution < -0.4 is 5.32 Å². The van der Waals surface area contributed by atoms with Gasteiger partial charge in [-0.1, -0.05) is 51.5 Å². The minimum absolute atomic E-state index is 0.00657. The molecular weight excluding hydrogens is 475 g/mol. The first-order chi connectivity index (χ1) is 18.0. The molecule has 37 heavy (non-hydrogen) atoms. The number of ether oxygens (including phenoxy) is 1. The van der Waals surface area contributed by atoms with Crippen molar-refractivity contribution in [2.24, 2.45) is 5.92 Å². The van der Waals surface area contributed by atoms with Crippen LogP contribution in [-0.2, 0) is 22.4 Å². The Morgan fingerprint density at radius 2 is 1.84 bits per heavy atom. The fraction of sp³-hybridized carbons (Fsp3) is 0.621. The predicted octanol–water partition coefficient (Wildman–Crippen LogP) is 5.82. The maximum Gasteiger partial charge on any atom is 0.303 e. The Morgan fingerprint density at radius 1 is 1.08 bits per heavy atom. The van der Waals surface area contributed by atoms with E-state index in [4.69, 9.17) is 14.3 Å². The molecule has 1 aromatic carbocycles. The largest absolute Gasteiger partial charge is 0.481 e. The maximum atomic E-state index is 14.1. The highest BCUT2D eigenvalue weighted by Crippen LogP contribution is 2.50. The van der Waals surface area contributed by atoms with Gasteiger partial charge >= 0.3 is 5.97 Å². The number of carboxylic acid groups (broad SMARTS) is 1. The highest BCUT2D eigenvalue weighted by Gasteiger charge is 2.51. The number of aromatic nitrogens is 1. The smallest absolute Gasteiger partial charge is 0.303 e. The van der Waals surface area contributed by atoms with Crippen LogP contribution in [-0.4, -0.2) is 40.7 Å². The first-order valence-corrected chi connectivity index (χ1v) is 13.8. The lowest BCUT2D eigenvalue weighted by Gasteiger charge is -2.26. The molecule has 7 nitrogen and oxygen atoms in total. The molecule has 2 bridgehead atoms. The lowest BCUT2D eigenvalue weighted by molar-refractivity contribution is -0.136. The van der Waals surface area contributed by atoms with Crippen molar-refractivity contribution < 1.29 is 28.2 Å². The van der Waals surface area contributed by atoms with Crippen LogP contribution >= 0.6 is 0 Å². The molecule has 0 spiro atoms. The van der Waals surface area contributed by atoms with Gasteiger partial charge in [0, 0.05) is 18.9 Å². The number of carboxylic acids is 1. The molecule has 0 aliphatic carbocycles. The number of benzene rings is 1. The number of nitrogens with one attached hydrogen (secondary N) is 1. The number of hydrogen-bond donors (Lipinski definition) is 2. The number of nitrogens with zero attached hydrogens (tertiary/aromatic N) is 1. The summed E-state index contributed by atoms with van der Waals surface area (Å²) in [4.78, 5) is 28.3. The number of amides is 1. The summed E-state index contributed by atoms with van der Waals surface area (Å²) in [6.07, 6.45) is 12.4. The third-order valence-electron chi connectivity index (χ3n) is 7.76. The summed E-state index contributed by atoms with van der Waals surface area (Å²) in [7, 11) is 0. The van der Waals surface area contributed by atoms with E-state index in [1.807, 2.05) is 0 Å². The predicted molar refractivity (Wildman–Crippen MR) is 137 cm³/mol. The fourth-order valence-corrected chi connectivity index (χ4v) is 5.82. The van der Waals surface area contributed by atoms with Crippen molar-refractivity contribution in [1.82, 2.24) is 10.3 Å². The SMILES string of the molecule is CCCCCCCCCNC(=O)c1coc(C2C3CCC(O3)C2Cc2cc(F)ccc2CCC(=O)O)n1. The van der Waals surface area contributed by atoms with E-state index in [1.54, 1.807) is 6.07 Å². The number of carbonyl (C=O) groups is 2. The first-order valence-electron chi connectivity index (χ1n) is 13.8. The number of halogens is 1. The zero-order valence-corrected chi connectivity index (χ0v) is 21.7. The van der Waals surface area contributed by atoms with Gasteiger partial charge in [-0.15, -0.1) is 0 Å². The Kier molecular flexibility index (Phi) is 9.72. The van der Waals surface area contributed by atoms with Crippen molar-refractivity contribution >= 4 is 11.9 Å². The molecule has 8 heteroatoms. The van der Waals surface area contributed by atoms with E-state index in [-0.39, 0.29) is 47.9 Å². The molecule has 202 valence electrons. The highest BCUT2D eigenvalue weighted by molar-refractivity contribution is 5.91. The van der Waals surface area contributed by atoms with E-state index < -0.39 is 5.97 Å². The molecule has 2 aliphatic rings. The molecule has 0 radical (unpaired) electrons. The topological polar surface area (TPSA) is 102 Å². The normalized spacial score (nSPS) is 22.4. The Hall–Kier alpha value is -2.74. The lowest BCUT2D eigenvalue weighted by atomic mass is 9.75. The van der Waals surface area contributed by atoms with Gasteiger partial charge in [0.15, 0.2) is 5.69 Å². The van der Waals surface area contributed by atoms with Crippen LogP contribution in [0, 0.1) is 11.7 Å². The van der Waals surface area contributed by atoms with Gasteiger partial charge in [0.05, 0.1) is 18.1 Å². The quantitative estimate of drug-likeness (QED) is 0.291. The number of aryl methyl sites for hydroxylation is 1. The van der Waals surface area contributed by atoms with Gasteiger partial charge in [-0.3, -0.25) is 9.59 Å². The molecule has 2 N–H and O–H groups in total. The molecule has 4 atom stereocenters. The fourth-order valence-electron chi connectivity index (χ4n) is 5.82. The van der Waals surface area contributed by atoms with Crippen molar-refractivity contribution in [2.45, 2.75) is 102 Å². The van der Waals surface area contributed by atoms with Crippen molar-refractivity contribution in [3.63, 3.8) is 0 Å². The van der Waals surface area contributed by atoms with Crippen LogP contribution in [0.1, 0.15) is 105 Å². The van der Waals surface area contributed by atoms with Gasteiger partial charge < -0.3 is 19.6 Å². The average molecular weight is 515 g/mol. The molecule has 2 fully saturated rings. The molecule has 1 aromatic heterocycles. The van der Waals surface area contributed by atoms with E-state index in [1.165, 1.54) is 50.5 Å². The van der Waals surface area contributed by atoms with Crippen LogP contribution in [0.25, 0.3) is 0 Å². The van der Waals surface area contributed by atoms with Crippen molar-refractivity contribution in [3.05, 3.63) is 53.0 Å². The Balaban J connectivity index is 1.36. The van der Waals surface area contributed by atoms with E-state index in [2.05, 4.69) is 17.2 Å². The lowest BCUT2D eigenvalue weighted by Crippen LogP contribution is -2.28. The van der Waals surface area contributed by atoms with Gasteiger partial charge in [-0.05, 0) is 55.4 Å². The number of rotatable bonds is 15. The maximum absolute atomic E-state index is 14.1. The zero-order chi connectivity index (χ0) is 26.2. The summed E-state index contributed by atoms with van der Waals surface area (Å²) < 4.78 is 26.1. The van der Waals surface area contributed by atoms with Gasteiger partial charge in [0.2, 0.25) is 5.89 Å². The highest BCUT2D eigenvalue weighted by atomic mass is 19.1. The minimum Gasteiger partial charge on any atom is -0.481 e. The van der Waals surface area contributed by atoms with Crippen LogP contribution in [0.15, 0.2) is 28.9 Å². The number of oxazole rings is 1. The summed E-state index contributed by atoms with van der Waals surface area (Å²) in [6, 6.07) is 4.55. The molecular formula is C29H39FN2O5. The molecule has 3 heterocycles. The third kappa shape index (κ3) is 7.18. The van der Waals surface area contributed by atoms with E-state index in [0.29, 0.717) is 25.3 Å². The van der Waals surface area contributed by atoms with E-state index in [0.717, 1.165) is 36.8 Å². The Bertz CT molecular complexity index is 1050. The summed E-state index contributed by atoms with van der Waals surface area (Å²) in [5.74, 6) is -1.07. The molecule has 2 saturated heterocycles. The van der Waals surface area contributed by atoms with Crippen LogP contribution in [0.2, 0.25) is 0 Å². The van der Waals surface area contributed by atoms with Crippen molar-refractivity contribution in [2.75, 3.05) is 6.54 Å². The number of carbonyl (C=O) groups excluding carboxylic acids is 1. The average Bonchev–Trinajstić information content (AvgIpc) is 3.62. The minimum atomic E-state index is -0.881. The van der Waals surface area contributed by atoms with Crippen LogP contribution in [0.4, 0.5) is 4.39 Å². The van der Waals surface area contributed by atoms with E-state index in [9.17, 15) is 14.0 Å². The summed E-state index contributed by atoms with van der Waals surface area (Å²) in [6.45, 7) is 2.83. The second-order valence-corrected chi connectivity index (χ2v) is 10.4. The Labute approximate surface area is 218 Å². The number of hydrogen-bond acceptors (Lipinski definition) is 5. The van der Waals surface area contributed by atoms with Crippen molar-refractivity contribution in [1.29, 1.82) is 0 Å². The second kappa shape index (κ2) is 13.2. The summed E-state index contributed by atoms with van der Waals surface area (Å²) in [5.41, 5.74) is 1.90. The molecule has 1 amide bonds. The molecule has 2 aromatic rings. The zero-order valence-electron chi connectivity index (χ0n) is 21.7. The molecule has 2 aliphatic heterocycles. The molecule has 4 unspecified atom stereocenters. The van der Waals surface area contributed by atoms with Crippen LogP contribution in [0.5, 0.6) is 0 Å². The number of fused-ring (bicyclic) bond motifs is 2. The van der Waals surface area contributed by atoms with Gasteiger partial charge in [0.25, 0.3) is 5.91 Å². The first kappa shape index (κ1) is 27.3. The van der Waals surface area contributed by atoms with Gasteiger partial charge in [0.1, 0.15) is 12.1 Å². The summed E-state index contributed by atoms with van der Waals surface area (Å²) >= 11 is 0. The monoisotopic (exact) mass is 514 g/mol.